The fourth-order valence-corrected chi connectivity index (χ4v) is 4.48. The van der Waals surface area contributed by atoms with Gasteiger partial charge in [-0.2, -0.15) is 0 Å². The van der Waals surface area contributed by atoms with E-state index in [9.17, 15) is 0 Å². The van der Waals surface area contributed by atoms with Gasteiger partial charge in [0.25, 0.3) is 0 Å². The molecule has 0 radical (unpaired) electrons. The van der Waals surface area contributed by atoms with Gasteiger partial charge in [0.15, 0.2) is 0 Å². The Labute approximate surface area is 107 Å². The molecule has 0 N–H and O–H groups in total. The number of hydrogen-bond donors (Lipinski definition) is 0. The van der Waals surface area contributed by atoms with Crippen molar-refractivity contribution in [3.8, 4) is 0 Å². The van der Waals surface area contributed by atoms with E-state index in [1.807, 2.05) is 0 Å². The lowest BCUT2D eigenvalue weighted by atomic mass is 10.0. The minimum atomic E-state index is -1.89. The van der Waals surface area contributed by atoms with Gasteiger partial charge in [-0.15, -0.1) is 0 Å². The Balaban J connectivity index is 2.21. The first-order valence-corrected chi connectivity index (χ1v) is 9.58. The Bertz CT molecular complexity index is 187. The first kappa shape index (κ1) is 15.2. The monoisotopic (exact) mass is 260 g/mol. The molecule has 0 unspecified atom stereocenters. The van der Waals surface area contributed by atoms with Crippen LogP contribution in [0, 0.1) is 5.92 Å². The van der Waals surface area contributed by atoms with E-state index in [1.54, 1.807) is 0 Å². The van der Waals surface area contributed by atoms with E-state index < -0.39 is 8.56 Å². The molecule has 0 atom stereocenters. The molecule has 1 rings (SSSR count). The summed E-state index contributed by atoms with van der Waals surface area (Å²) in [7, 11) is -1.89. The highest BCUT2D eigenvalue weighted by Gasteiger charge is 2.31. The van der Waals surface area contributed by atoms with Gasteiger partial charge in [0, 0.05) is 19.1 Å². The summed E-state index contributed by atoms with van der Waals surface area (Å²) in [5, 5.41) is 0. The Hall–Kier alpha value is 0.0969. The van der Waals surface area contributed by atoms with Crippen molar-refractivity contribution >= 4 is 8.56 Å². The molecule has 1 aliphatic heterocycles. The fourth-order valence-electron chi connectivity index (χ4n) is 1.98. The second kappa shape index (κ2) is 8.24. The van der Waals surface area contributed by atoms with Crippen molar-refractivity contribution in [3.05, 3.63) is 0 Å². The molecule has 0 amide bonds. The highest BCUT2D eigenvalue weighted by molar-refractivity contribution is 6.66. The van der Waals surface area contributed by atoms with E-state index in [2.05, 4.69) is 20.4 Å². The van der Waals surface area contributed by atoms with Crippen LogP contribution < -0.4 is 0 Å². The van der Waals surface area contributed by atoms with Crippen LogP contribution in [0.4, 0.5) is 0 Å². The van der Waals surface area contributed by atoms with Crippen molar-refractivity contribution in [3.63, 3.8) is 0 Å². The number of rotatable bonds is 10. The van der Waals surface area contributed by atoms with Crippen molar-refractivity contribution < 1.29 is 13.6 Å². The molecule has 0 saturated carbocycles. The van der Waals surface area contributed by atoms with Crippen LogP contribution in [0.25, 0.3) is 0 Å². The maximum atomic E-state index is 6.00. The van der Waals surface area contributed by atoms with Crippen LogP contribution >= 0.6 is 0 Å². The van der Waals surface area contributed by atoms with Gasteiger partial charge >= 0.3 is 8.56 Å². The average Bonchev–Trinajstić information content (AvgIpc) is 2.27. The molecular formula is C13H28O3Si. The lowest BCUT2D eigenvalue weighted by Gasteiger charge is -2.29. The predicted molar refractivity (Wildman–Crippen MR) is 72.5 cm³/mol. The molecule has 4 heteroatoms. The first-order chi connectivity index (χ1) is 8.20. The highest BCUT2D eigenvalue weighted by Crippen LogP contribution is 2.23. The third-order valence-electron chi connectivity index (χ3n) is 3.17. The summed E-state index contributed by atoms with van der Waals surface area (Å²) in [5.41, 5.74) is 0. The fraction of sp³-hybridized carbons (Fsp3) is 1.00. The third-order valence-corrected chi connectivity index (χ3v) is 6.06. The maximum absolute atomic E-state index is 6.00. The summed E-state index contributed by atoms with van der Waals surface area (Å²) < 4.78 is 17.2. The zero-order chi connectivity index (χ0) is 12.6. The van der Waals surface area contributed by atoms with E-state index in [0.717, 1.165) is 51.2 Å². The Morgan fingerprint density at radius 1 is 1.12 bits per heavy atom. The van der Waals surface area contributed by atoms with Crippen LogP contribution in [0.5, 0.6) is 0 Å². The van der Waals surface area contributed by atoms with Gasteiger partial charge in [0.2, 0.25) is 0 Å². The second-order valence-electron chi connectivity index (χ2n) is 5.13. The summed E-state index contributed by atoms with van der Waals surface area (Å²) in [6.07, 6.45) is 4.65. The first-order valence-electron chi connectivity index (χ1n) is 7.06. The van der Waals surface area contributed by atoms with E-state index >= 15 is 0 Å². The number of ether oxygens (including phenoxy) is 1. The van der Waals surface area contributed by atoms with Crippen LogP contribution in [0.3, 0.4) is 0 Å². The second-order valence-corrected chi connectivity index (χ2v) is 8.47. The zero-order valence-electron chi connectivity index (χ0n) is 11.7. The summed E-state index contributed by atoms with van der Waals surface area (Å²) in [5.74, 6) is 0.797. The number of hydrogen-bond acceptors (Lipinski definition) is 3. The zero-order valence-corrected chi connectivity index (χ0v) is 12.7. The molecule has 1 heterocycles. The Kier molecular flexibility index (Phi) is 7.35. The van der Waals surface area contributed by atoms with Gasteiger partial charge in [0.1, 0.15) is 0 Å². The topological polar surface area (TPSA) is 27.7 Å². The van der Waals surface area contributed by atoms with Gasteiger partial charge in [0.05, 0.1) is 13.2 Å². The molecular weight excluding hydrogens is 232 g/mol. The minimum Gasteiger partial charge on any atom is -0.394 e. The molecule has 0 aromatic carbocycles. The lowest BCUT2D eigenvalue weighted by Crippen LogP contribution is -2.39. The third kappa shape index (κ3) is 6.00. The smallest absolute Gasteiger partial charge is 0.334 e. The van der Waals surface area contributed by atoms with E-state index in [-0.39, 0.29) is 0 Å². The van der Waals surface area contributed by atoms with E-state index in [0.29, 0.717) is 0 Å². The largest absolute Gasteiger partial charge is 0.394 e. The molecule has 0 bridgehead atoms. The van der Waals surface area contributed by atoms with Crippen molar-refractivity contribution in [1.29, 1.82) is 0 Å². The van der Waals surface area contributed by atoms with Gasteiger partial charge in [-0.05, 0) is 31.9 Å². The van der Waals surface area contributed by atoms with Crippen molar-refractivity contribution in [2.75, 3.05) is 26.4 Å². The molecule has 0 aromatic heterocycles. The van der Waals surface area contributed by atoms with Gasteiger partial charge in [-0.25, -0.2) is 0 Å². The maximum Gasteiger partial charge on any atom is 0.334 e. The summed E-state index contributed by atoms with van der Waals surface area (Å²) in [6.45, 7) is 10.1. The summed E-state index contributed by atoms with van der Waals surface area (Å²) in [6, 6.07) is 1.13. The Morgan fingerprint density at radius 2 is 1.71 bits per heavy atom. The standard InChI is InChI=1S/C13H28O3Si/c1-4-8-15-17(3,16-9-5-2)10-6-7-13-11-14-12-13/h13H,4-12H2,1-3H3. The van der Waals surface area contributed by atoms with Crippen LogP contribution in [0.1, 0.15) is 39.5 Å². The van der Waals surface area contributed by atoms with E-state index in [4.69, 9.17) is 13.6 Å². The molecule has 17 heavy (non-hydrogen) atoms. The van der Waals surface area contributed by atoms with Gasteiger partial charge in [-0.3, -0.25) is 0 Å². The van der Waals surface area contributed by atoms with Crippen molar-refractivity contribution in [1.82, 2.24) is 0 Å². The summed E-state index contributed by atoms with van der Waals surface area (Å²) >= 11 is 0. The van der Waals surface area contributed by atoms with E-state index in [1.165, 1.54) is 12.8 Å². The van der Waals surface area contributed by atoms with Crippen molar-refractivity contribution in [2.24, 2.45) is 5.92 Å². The average molecular weight is 260 g/mol. The van der Waals surface area contributed by atoms with Gasteiger partial charge < -0.3 is 13.6 Å². The predicted octanol–water partition coefficient (Wildman–Crippen LogP) is 3.34. The molecule has 3 nitrogen and oxygen atoms in total. The SMILES string of the molecule is CCCO[Si](C)(CCCC1COC1)OCCC. The molecule has 0 aliphatic carbocycles. The quantitative estimate of drug-likeness (QED) is 0.564. The van der Waals surface area contributed by atoms with Crippen LogP contribution in [-0.4, -0.2) is 35.0 Å². The normalized spacial score (nSPS) is 17.1. The molecule has 0 aromatic rings. The minimum absolute atomic E-state index is 0.797. The molecule has 1 aliphatic rings. The van der Waals surface area contributed by atoms with Crippen LogP contribution in [0.2, 0.25) is 12.6 Å². The molecule has 1 fully saturated rings. The van der Waals surface area contributed by atoms with Crippen molar-refractivity contribution in [2.45, 2.75) is 52.1 Å². The summed E-state index contributed by atoms with van der Waals surface area (Å²) in [4.78, 5) is 0. The molecule has 102 valence electrons. The van der Waals surface area contributed by atoms with Crippen LogP contribution in [-0.2, 0) is 13.6 Å². The highest BCUT2D eigenvalue weighted by atomic mass is 28.4. The lowest BCUT2D eigenvalue weighted by molar-refractivity contribution is -0.0359. The Morgan fingerprint density at radius 3 is 2.12 bits per heavy atom. The molecule has 1 saturated heterocycles. The van der Waals surface area contributed by atoms with Crippen LogP contribution in [0.15, 0.2) is 0 Å². The molecule has 0 spiro atoms. The van der Waals surface area contributed by atoms with Gasteiger partial charge in [-0.1, -0.05) is 20.3 Å².